The number of sulfonamides is 1. The highest BCUT2D eigenvalue weighted by molar-refractivity contribution is 7.89. The van der Waals surface area contributed by atoms with Gasteiger partial charge in [-0.2, -0.15) is 0 Å². The molecule has 0 aliphatic carbocycles. The highest BCUT2D eigenvalue weighted by atomic mass is 32.2. The molecule has 0 unspecified atom stereocenters. The number of nitrogens with two attached hydrogens (primary N) is 1. The minimum atomic E-state index is -3.76. The Morgan fingerprint density at radius 3 is 2.39 bits per heavy atom. The molecule has 0 aliphatic rings. The van der Waals surface area contributed by atoms with E-state index in [2.05, 4.69) is 0 Å². The molecule has 0 fully saturated rings. The van der Waals surface area contributed by atoms with Crippen LogP contribution in [0.3, 0.4) is 0 Å². The molecule has 18 heavy (non-hydrogen) atoms. The fourth-order valence-corrected chi connectivity index (χ4v) is 3.18. The van der Waals surface area contributed by atoms with Crippen LogP contribution in [0, 0.1) is 11.2 Å². The number of nitrogen functional groups attached to an aromatic ring is 1. The molecule has 102 valence electrons. The molecule has 0 radical (unpaired) electrons. The smallest absolute Gasteiger partial charge is 0.244 e. The summed E-state index contributed by atoms with van der Waals surface area (Å²) in [6, 6.07) is 3.79. The van der Waals surface area contributed by atoms with Crippen molar-refractivity contribution in [2.75, 3.05) is 19.3 Å². The fourth-order valence-electron chi connectivity index (χ4n) is 1.66. The molecule has 0 atom stereocenters. The molecule has 1 rings (SSSR count). The number of halogens is 1. The lowest BCUT2D eigenvalue weighted by Crippen LogP contribution is -2.35. The molecule has 0 aromatic heterocycles. The predicted molar refractivity (Wildman–Crippen MR) is 70.1 cm³/mol. The molecule has 2 N–H and O–H groups in total. The molecule has 0 heterocycles. The van der Waals surface area contributed by atoms with Gasteiger partial charge in [0.2, 0.25) is 10.0 Å². The predicted octanol–water partition coefficient (Wildman–Crippen LogP) is 2.07. The molecule has 0 amide bonds. The largest absolute Gasteiger partial charge is 0.395 e. The number of para-hydroxylation sites is 1. The van der Waals surface area contributed by atoms with Gasteiger partial charge in [0.25, 0.3) is 0 Å². The van der Waals surface area contributed by atoms with Gasteiger partial charge in [0.1, 0.15) is 10.7 Å². The third-order valence-corrected chi connectivity index (χ3v) is 4.26. The Morgan fingerprint density at radius 1 is 1.33 bits per heavy atom. The van der Waals surface area contributed by atoms with Crippen LogP contribution in [-0.4, -0.2) is 26.3 Å². The van der Waals surface area contributed by atoms with Crippen LogP contribution in [0.2, 0.25) is 0 Å². The van der Waals surface area contributed by atoms with Gasteiger partial charge in [-0.05, 0) is 17.5 Å². The second-order valence-electron chi connectivity index (χ2n) is 5.47. The van der Waals surface area contributed by atoms with Gasteiger partial charge >= 0.3 is 0 Å². The normalized spacial score (nSPS) is 13.0. The van der Waals surface area contributed by atoms with Gasteiger partial charge in [0.05, 0.1) is 5.69 Å². The Morgan fingerprint density at radius 2 is 1.89 bits per heavy atom. The first-order valence-electron chi connectivity index (χ1n) is 5.56. The second-order valence-corrected chi connectivity index (χ2v) is 7.49. The van der Waals surface area contributed by atoms with Crippen LogP contribution in [0.1, 0.15) is 20.8 Å². The van der Waals surface area contributed by atoms with E-state index in [0.717, 1.165) is 6.07 Å². The Bertz CT molecular complexity index is 535. The van der Waals surface area contributed by atoms with Crippen LogP contribution in [0.25, 0.3) is 0 Å². The van der Waals surface area contributed by atoms with Crippen molar-refractivity contribution in [3.63, 3.8) is 0 Å². The molecule has 0 spiro atoms. The number of rotatable bonds is 3. The summed E-state index contributed by atoms with van der Waals surface area (Å²) in [4.78, 5) is -0.186. The van der Waals surface area contributed by atoms with Crippen LogP contribution in [0.4, 0.5) is 10.1 Å². The third kappa shape index (κ3) is 3.20. The second kappa shape index (κ2) is 4.85. The number of hydrogen-bond acceptors (Lipinski definition) is 3. The molecule has 0 saturated heterocycles. The first-order valence-corrected chi connectivity index (χ1v) is 7.00. The SMILES string of the molecule is CN(CC(C)(C)C)S(=O)(=O)c1cccc(F)c1N. The molecular formula is C12H19FN2O2S. The summed E-state index contributed by atoms with van der Waals surface area (Å²) < 4.78 is 39.0. The lowest BCUT2D eigenvalue weighted by atomic mass is 9.97. The minimum Gasteiger partial charge on any atom is -0.395 e. The van der Waals surface area contributed by atoms with E-state index in [1.165, 1.54) is 23.5 Å². The number of nitrogens with zero attached hydrogens (tertiary/aromatic N) is 1. The van der Waals surface area contributed by atoms with Crippen molar-refractivity contribution in [2.24, 2.45) is 5.41 Å². The Balaban J connectivity index is 3.18. The number of hydrogen-bond donors (Lipinski definition) is 1. The lowest BCUT2D eigenvalue weighted by Gasteiger charge is -2.26. The highest BCUT2D eigenvalue weighted by Crippen LogP contribution is 2.26. The summed E-state index contributed by atoms with van der Waals surface area (Å²) in [5.74, 6) is -0.722. The van der Waals surface area contributed by atoms with Gasteiger partial charge < -0.3 is 5.73 Å². The van der Waals surface area contributed by atoms with Crippen LogP contribution in [0.5, 0.6) is 0 Å². The summed E-state index contributed by atoms with van der Waals surface area (Å²) in [6.45, 7) is 6.10. The first-order chi connectivity index (χ1) is 8.05. The van der Waals surface area contributed by atoms with Crippen LogP contribution < -0.4 is 5.73 Å². The van der Waals surface area contributed by atoms with E-state index in [1.54, 1.807) is 0 Å². The molecule has 1 aromatic rings. The number of anilines is 1. The summed E-state index contributed by atoms with van der Waals surface area (Å²) in [6.07, 6.45) is 0. The van der Waals surface area contributed by atoms with Crippen LogP contribution in [0.15, 0.2) is 23.1 Å². The van der Waals surface area contributed by atoms with E-state index in [9.17, 15) is 12.8 Å². The van der Waals surface area contributed by atoms with E-state index in [1.807, 2.05) is 20.8 Å². The molecular weight excluding hydrogens is 255 g/mol. The van der Waals surface area contributed by atoms with Crippen molar-refractivity contribution >= 4 is 15.7 Å². The standard InChI is InChI=1S/C12H19FN2O2S/c1-12(2,3)8-15(4)18(16,17)10-7-5-6-9(13)11(10)14/h5-7H,8,14H2,1-4H3. The van der Waals surface area contributed by atoms with Gasteiger partial charge in [0.15, 0.2) is 0 Å². The zero-order valence-electron chi connectivity index (χ0n) is 11.1. The van der Waals surface area contributed by atoms with Gasteiger partial charge in [-0.15, -0.1) is 0 Å². The van der Waals surface area contributed by atoms with Crippen molar-refractivity contribution < 1.29 is 12.8 Å². The molecule has 4 nitrogen and oxygen atoms in total. The Labute approximate surface area is 108 Å². The molecule has 0 saturated carbocycles. The first kappa shape index (κ1) is 14.9. The van der Waals surface area contributed by atoms with Crippen molar-refractivity contribution in [1.82, 2.24) is 4.31 Å². The van der Waals surface area contributed by atoms with E-state index >= 15 is 0 Å². The van der Waals surface area contributed by atoms with Crippen molar-refractivity contribution in [3.05, 3.63) is 24.0 Å². The minimum absolute atomic E-state index is 0.186. The summed E-state index contributed by atoms with van der Waals surface area (Å²) in [5.41, 5.74) is 4.96. The quantitative estimate of drug-likeness (QED) is 0.858. The molecule has 1 aromatic carbocycles. The molecule has 6 heteroatoms. The topological polar surface area (TPSA) is 63.4 Å². The third-order valence-electron chi connectivity index (χ3n) is 2.40. The van der Waals surface area contributed by atoms with Gasteiger partial charge in [-0.1, -0.05) is 26.8 Å². The van der Waals surface area contributed by atoms with Gasteiger partial charge in [-0.3, -0.25) is 0 Å². The molecule has 0 bridgehead atoms. The maximum atomic E-state index is 13.3. The van der Waals surface area contributed by atoms with E-state index in [0.29, 0.717) is 6.54 Å². The fraction of sp³-hybridized carbons (Fsp3) is 0.500. The average Bonchev–Trinajstić information content (AvgIpc) is 2.19. The van der Waals surface area contributed by atoms with Crippen molar-refractivity contribution in [1.29, 1.82) is 0 Å². The van der Waals surface area contributed by atoms with Gasteiger partial charge in [-0.25, -0.2) is 17.1 Å². The van der Waals surface area contributed by atoms with Crippen LogP contribution >= 0.6 is 0 Å². The number of benzene rings is 1. The zero-order chi connectivity index (χ0) is 14.1. The van der Waals surface area contributed by atoms with Crippen molar-refractivity contribution in [2.45, 2.75) is 25.7 Å². The summed E-state index contributed by atoms with van der Waals surface area (Å²) in [5, 5.41) is 0. The summed E-state index contributed by atoms with van der Waals surface area (Å²) in [7, 11) is -2.29. The van der Waals surface area contributed by atoms with E-state index in [4.69, 9.17) is 5.73 Å². The molecule has 0 aliphatic heterocycles. The average molecular weight is 274 g/mol. The van der Waals surface area contributed by atoms with Crippen molar-refractivity contribution in [3.8, 4) is 0 Å². The van der Waals surface area contributed by atoms with Crippen LogP contribution in [-0.2, 0) is 10.0 Å². The Kier molecular flexibility index (Phi) is 4.02. The van der Waals surface area contributed by atoms with Gasteiger partial charge in [0, 0.05) is 13.6 Å². The van der Waals surface area contributed by atoms with E-state index in [-0.39, 0.29) is 16.0 Å². The maximum absolute atomic E-state index is 13.3. The zero-order valence-corrected chi connectivity index (χ0v) is 11.9. The van der Waals surface area contributed by atoms with E-state index < -0.39 is 15.8 Å². The maximum Gasteiger partial charge on any atom is 0.244 e. The summed E-state index contributed by atoms with van der Waals surface area (Å²) >= 11 is 0. The Hall–Kier alpha value is -1.14. The monoisotopic (exact) mass is 274 g/mol. The lowest BCUT2D eigenvalue weighted by molar-refractivity contribution is 0.311. The highest BCUT2D eigenvalue weighted by Gasteiger charge is 2.27.